The largest absolute Gasteiger partial charge is 0.497 e. The van der Waals surface area contributed by atoms with E-state index in [1.807, 2.05) is 34.7 Å². The molecule has 1 N–H and O–H groups in total. The summed E-state index contributed by atoms with van der Waals surface area (Å²) >= 11 is 1.40. The molecule has 31 heavy (non-hydrogen) atoms. The smallest absolute Gasteiger partial charge is 0.230 e. The average Bonchev–Trinajstić information content (AvgIpc) is 3.50. The molecule has 2 heterocycles. The van der Waals surface area contributed by atoms with Crippen LogP contribution in [0.15, 0.2) is 59.8 Å². The van der Waals surface area contributed by atoms with Crippen LogP contribution in [0.2, 0.25) is 0 Å². The lowest BCUT2D eigenvalue weighted by atomic mass is 9.96. The number of methoxy groups -OCH3 is 1. The molecule has 1 aliphatic carbocycles. The Balaban J connectivity index is 1.32. The minimum absolute atomic E-state index is 0.0120. The fourth-order valence-corrected chi connectivity index (χ4v) is 4.86. The Bertz CT molecular complexity index is 1270. The molecule has 0 radical (unpaired) electrons. The molecule has 0 unspecified atom stereocenters. The summed E-state index contributed by atoms with van der Waals surface area (Å²) in [5.74, 6) is 1.08. The number of hydrogen-bond acceptors (Lipinski definition) is 5. The topological polar surface area (TPSA) is 68.5 Å². The number of aryl methyl sites for hydroxylation is 1. The van der Waals surface area contributed by atoms with E-state index in [1.54, 1.807) is 7.11 Å². The Morgan fingerprint density at radius 1 is 1.16 bits per heavy atom. The molecule has 0 spiro atoms. The molecular weight excluding hydrogens is 408 g/mol. The minimum Gasteiger partial charge on any atom is -0.497 e. The van der Waals surface area contributed by atoms with Crippen LogP contribution in [0, 0.1) is 6.92 Å². The number of carbonyl (C=O) groups is 1. The Morgan fingerprint density at radius 3 is 2.71 bits per heavy atom. The van der Waals surface area contributed by atoms with Crippen molar-refractivity contribution in [2.75, 3.05) is 19.4 Å². The number of fused-ring (bicyclic) bond motifs is 3. The first kappa shape index (κ1) is 19.9. The lowest BCUT2D eigenvalue weighted by molar-refractivity contribution is -0.118. The molecule has 2 aromatic heterocycles. The highest BCUT2D eigenvalue weighted by Gasteiger charge is 2.44. The number of nitrogens with zero attached hydrogens (tertiary/aromatic N) is 3. The Labute approximate surface area is 185 Å². The molecular formula is C24H24N4O2S. The number of aromatic nitrogens is 3. The van der Waals surface area contributed by atoms with Gasteiger partial charge in [0.25, 0.3) is 0 Å². The van der Waals surface area contributed by atoms with E-state index in [0.717, 1.165) is 40.7 Å². The van der Waals surface area contributed by atoms with Gasteiger partial charge in [-0.1, -0.05) is 42.1 Å². The third-order valence-corrected chi connectivity index (χ3v) is 7.00. The fourth-order valence-electron chi connectivity index (χ4n) is 4.08. The zero-order valence-corrected chi connectivity index (χ0v) is 18.4. The monoisotopic (exact) mass is 432 g/mol. The molecule has 0 atom stereocenters. The quantitative estimate of drug-likeness (QED) is 0.445. The van der Waals surface area contributed by atoms with Gasteiger partial charge in [-0.05, 0) is 49.1 Å². The van der Waals surface area contributed by atoms with E-state index in [4.69, 9.17) is 4.74 Å². The van der Waals surface area contributed by atoms with Gasteiger partial charge in [-0.3, -0.25) is 9.20 Å². The second-order valence-electron chi connectivity index (χ2n) is 8.10. The van der Waals surface area contributed by atoms with Gasteiger partial charge in [-0.15, -0.1) is 10.2 Å². The maximum atomic E-state index is 12.6. The van der Waals surface area contributed by atoms with Crippen molar-refractivity contribution >= 4 is 34.2 Å². The normalized spacial score (nSPS) is 14.6. The first-order valence-corrected chi connectivity index (χ1v) is 11.4. The molecule has 1 saturated carbocycles. The number of amides is 1. The maximum Gasteiger partial charge on any atom is 0.230 e. The van der Waals surface area contributed by atoms with Crippen molar-refractivity contribution in [1.82, 2.24) is 19.9 Å². The molecule has 0 aliphatic heterocycles. The summed E-state index contributed by atoms with van der Waals surface area (Å²) in [4.78, 5) is 12.6. The van der Waals surface area contributed by atoms with Crippen molar-refractivity contribution in [2.45, 2.75) is 30.3 Å². The van der Waals surface area contributed by atoms with E-state index < -0.39 is 0 Å². The number of pyridine rings is 1. The van der Waals surface area contributed by atoms with E-state index in [2.05, 4.69) is 46.7 Å². The summed E-state index contributed by atoms with van der Waals surface area (Å²) in [5, 5.41) is 13.6. The summed E-state index contributed by atoms with van der Waals surface area (Å²) in [6.45, 7) is 2.74. The van der Waals surface area contributed by atoms with Gasteiger partial charge < -0.3 is 10.1 Å². The van der Waals surface area contributed by atoms with Gasteiger partial charge in [0.2, 0.25) is 5.91 Å². The zero-order valence-electron chi connectivity index (χ0n) is 17.6. The van der Waals surface area contributed by atoms with Gasteiger partial charge in [0, 0.05) is 23.4 Å². The summed E-state index contributed by atoms with van der Waals surface area (Å²) in [7, 11) is 1.66. The van der Waals surface area contributed by atoms with Gasteiger partial charge >= 0.3 is 0 Å². The van der Waals surface area contributed by atoms with Crippen LogP contribution < -0.4 is 10.1 Å². The van der Waals surface area contributed by atoms with Crippen molar-refractivity contribution in [3.8, 4) is 5.75 Å². The fraction of sp³-hybridized carbons (Fsp3) is 0.292. The van der Waals surface area contributed by atoms with Crippen molar-refractivity contribution in [3.05, 3.63) is 65.7 Å². The highest BCUT2D eigenvalue weighted by atomic mass is 32.2. The number of nitrogens with one attached hydrogen (secondary N) is 1. The Kier molecular flexibility index (Phi) is 5.06. The molecule has 0 bridgehead atoms. The molecule has 6 nitrogen and oxygen atoms in total. The third-order valence-electron chi connectivity index (χ3n) is 6.07. The maximum absolute atomic E-state index is 12.6. The van der Waals surface area contributed by atoms with Crippen LogP contribution in [-0.2, 0) is 10.2 Å². The molecule has 1 amide bonds. The molecule has 1 aliphatic rings. The van der Waals surface area contributed by atoms with Crippen molar-refractivity contribution in [3.63, 3.8) is 0 Å². The molecule has 5 rings (SSSR count). The number of carbonyl (C=O) groups excluding carboxylic acids is 1. The molecule has 4 aromatic rings. The number of ether oxygens (including phenoxy) is 1. The average molecular weight is 433 g/mol. The summed E-state index contributed by atoms with van der Waals surface area (Å²) in [6, 6.07) is 18.4. The number of hydrogen-bond donors (Lipinski definition) is 1. The van der Waals surface area contributed by atoms with Crippen molar-refractivity contribution in [1.29, 1.82) is 0 Å². The molecule has 1 fully saturated rings. The van der Waals surface area contributed by atoms with Crippen LogP contribution >= 0.6 is 11.8 Å². The van der Waals surface area contributed by atoms with Crippen LogP contribution in [0.3, 0.4) is 0 Å². The standard InChI is InChI=1S/C24H24N4O2S/c1-16-12-21-26-27-23(28(21)20-13-18(30-2)8-9-19(16)20)31-14-22(29)25-15-24(10-11-24)17-6-4-3-5-7-17/h3-9,12-13H,10-11,14-15H2,1-2H3,(H,25,29). The highest BCUT2D eigenvalue weighted by Crippen LogP contribution is 2.47. The van der Waals surface area contributed by atoms with Gasteiger partial charge in [0.1, 0.15) is 5.75 Å². The summed E-state index contributed by atoms with van der Waals surface area (Å²) in [6.07, 6.45) is 2.23. The van der Waals surface area contributed by atoms with E-state index in [9.17, 15) is 4.79 Å². The van der Waals surface area contributed by atoms with Gasteiger partial charge in [-0.25, -0.2) is 0 Å². The minimum atomic E-state index is 0.0120. The number of thioether (sulfide) groups is 1. The second kappa shape index (κ2) is 7.89. The van der Waals surface area contributed by atoms with Gasteiger partial charge in [0.05, 0.1) is 18.4 Å². The molecule has 0 saturated heterocycles. The van der Waals surface area contributed by atoms with Gasteiger partial charge in [-0.2, -0.15) is 0 Å². The van der Waals surface area contributed by atoms with E-state index in [0.29, 0.717) is 17.5 Å². The molecule has 158 valence electrons. The van der Waals surface area contributed by atoms with Crippen LogP contribution in [0.25, 0.3) is 16.6 Å². The predicted molar refractivity (Wildman–Crippen MR) is 123 cm³/mol. The van der Waals surface area contributed by atoms with E-state index in [1.165, 1.54) is 17.3 Å². The zero-order chi connectivity index (χ0) is 21.4. The van der Waals surface area contributed by atoms with Crippen molar-refractivity contribution < 1.29 is 9.53 Å². The lowest BCUT2D eigenvalue weighted by Gasteiger charge is -2.16. The third kappa shape index (κ3) is 3.74. The molecule has 7 heteroatoms. The van der Waals surface area contributed by atoms with E-state index >= 15 is 0 Å². The highest BCUT2D eigenvalue weighted by molar-refractivity contribution is 7.99. The first-order chi connectivity index (χ1) is 15.1. The van der Waals surface area contributed by atoms with Crippen LogP contribution in [0.4, 0.5) is 0 Å². The Morgan fingerprint density at radius 2 is 1.97 bits per heavy atom. The number of benzene rings is 2. The SMILES string of the molecule is COc1ccc2c(C)cc3nnc(SCC(=O)NCC4(c5ccccc5)CC4)n3c2c1. The first-order valence-electron chi connectivity index (χ1n) is 10.4. The van der Waals surface area contributed by atoms with Crippen LogP contribution in [0.1, 0.15) is 24.0 Å². The summed E-state index contributed by atoms with van der Waals surface area (Å²) in [5.41, 5.74) is 4.28. The second-order valence-corrected chi connectivity index (χ2v) is 9.04. The van der Waals surface area contributed by atoms with Crippen molar-refractivity contribution in [2.24, 2.45) is 0 Å². The molecule has 2 aromatic carbocycles. The van der Waals surface area contributed by atoms with Crippen LogP contribution in [0.5, 0.6) is 5.75 Å². The Hall–Kier alpha value is -3.06. The number of rotatable bonds is 7. The summed E-state index contributed by atoms with van der Waals surface area (Å²) < 4.78 is 7.40. The van der Waals surface area contributed by atoms with Gasteiger partial charge in [0.15, 0.2) is 10.8 Å². The van der Waals surface area contributed by atoms with E-state index in [-0.39, 0.29) is 11.3 Å². The predicted octanol–water partition coefficient (Wildman–Crippen LogP) is 4.14. The van der Waals surface area contributed by atoms with Crippen LogP contribution in [-0.4, -0.2) is 39.9 Å². The lowest BCUT2D eigenvalue weighted by Crippen LogP contribution is -2.33.